The van der Waals surface area contributed by atoms with Crippen LogP contribution in [0.2, 0.25) is 0 Å². The molecule has 5 nitrogen and oxygen atoms in total. The summed E-state index contributed by atoms with van der Waals surface area (Å²) in [6.07, 6.45) is 9.13. The number of aryl methyl sites for hydroxylation is 3. The van der Waals surface area contributed by atoms with Crippen LogP contribution in [0.5, 0.6) is 0 Å². The van der Waals surface area contributed by atoms with Crippen LogP contribution >= 0.6 is 0 Å². The molecule has 0 N–H and O–H groups in total. The number of fused-ring (bicyclic) bond motifs is 3. The number of furan rings is 1. The highest BCUT2D eigenvalue weighted by molar-refractivity contribution is 5.87. The van der Waals surface area contributed by atoms with Gasteiger partial charge in [0.05, 0.1) is 18.4 Å². The van der Waals surface area contributed by atoms with Gasteiger partial charge < -0.3 is 13.6 Å². The average Bonchev–Trinajstić information content (AvgIpc) is 3.37. The molecule has 0 saturated heterocycles. The third-order valence-electron chi connectivity index (χ3n) is 5.31. The SMILES string of the molecule is Cc1cccn2cc(COC(=O)Cc3coc4cc5c(cc34)CCC5)nc12. The molecule has 5 heteroatoms. The van der Waals surface area contributed by atoms with E-state index in [1.54, 1.807) is 6.26 Å². The van der Waals surface area contributed by atoms with Crippen molar-refractivity contribution in [3.05, 3.63) is 70.9 Å². The smallest absolute Gasteiger partial charge is 0.310 e. The van der Waals surface area contributed by atoms with Crippen molar-refractivity contribution < 1.29 is 13.9 Å². The molecule has 4 aromatic rings. The van der Waals surface area contributed by atoms with Gasteiger partial charge in [0.1, 0.15) is 17.8 Å². The summed E-state index contributed by atoms with van der Waals surface area (Å²) in [5, 5.41) is 1.02. The first-order valence-corrected chi connectivity index (χ1v) is 9.28. The van der Waals surface area contributed by atoms with E-state index in [0.29, 0.717) is 0 Å². The van der Waals surface area contributed by atoms with Gasteiger partial charge in [-0.15, -0.1) is 0 Å². The second kappa shape index (κ2) is 6.27. The fourth-order valence-corrected chi connectivity index (χ4v) is 3.92. The van der Waals surface area contributed by atoms with Crippen LogP contribution in [-0.2, 0) is 35.4 Å². The predicted octanol–water partition coefficient (Wildman–Crippen LogP) is 4.16. The first-order valence-electron chi connectivity index (χ1n) is 9.28. The molecule has 5 rings (SSSR count). The van der Waals surface area contributed by atoms with Crippen molar-refractivity contribution in [3.8, 4) is 0 Å². The largest absolute Gasteiger partial charge is 0.464 e. The predicted molar refractivity (Wildman–Crippen MR) is 102 cm³/mol. The Bertz CT molecular complexity index is 1170. The van der Waals surface area contributed by atoms with Crippen LogP contribution in [-0.4, -0.2) is 15.4 Å². The van der Waals surface area contributed by atoms with Gasteiger partial charge in [-0.25, -0.2) is 4.98 Å². The van der Waals surface area contributed by atoms with Gasteiger partial charge in [0.15, 0.2) is 0 Å². The molecule has 0 spiro atoms. The molecule has 0 fully saturated rings. The van der Waals surface area contributed by atoms with Crippen LogP contribution in [0.1, 0.15) is 34.4 Å². The van der Waals surface area contributed by atoms with Crippen LogP contribution in [0.3, 0.4) is 0 Å². The minimum Gasteiger partial charge on any atom is -0.464 e. The van der Waals surface area contributed by atoms with Gasteiger partial charge in [-0.2, -0.15) is 0 Å². The lowest BCUT2D eigenvalue weighted by Gasteiger charge is -2.03. The Balaban J connectivity index is 1.30. The Hall–Kier alpha value is -3.08. The van der Waals surface area contributed by atoms with E-state index in [9.17, 15) is 4.79 Å². The van der Waals surface area contributed by atoms with Crippen LogP contribution in [0, 0.1) is 6.92 Å². The molecular formula is C22H20N2O3. The number of carbonyl (C=O) groups is 1. The number of hydrogen-bond acceptors (Lipinski definition) is 4. The second-order valence-electron chi connectivity index (χ2n) is 7.22. The number of ether oxygens (including phenoxy) is 1. The summed E-state index contributed by atoms with van der Waals surface area (Å²) in [6.45, 7) is 2.18. The van der Waals surface area contributed by atoms with E-state index >= 15 is 0 Å². The molecular weight excluding hydrogens is 340 g/mol. The monoisotopic (exact) mass is 360 g/mol. The summed E-state index contributed by atoms with van der Waals surface area (Å²) in [7, 11) is 0. The lowest BCUT2D eigenvalue weighted by molar-refractivity contribution is -0.144. The summed E-state index contributed by atoms with van der Waals surface area (Å²) < 4.78 is 13.1. The van der Waals surface area contributed by atoms with E-state index in [1.165, 1.54) is 17.5 Å². The quantitative estimate of drug-likeness (QED) is 0.513. The van der Waals surface area contributed by atoms with E-state index in [1.807, 2.05) is 35.9 Å². The molecule has 3 heterocycles. The van der Waals surface area contributed by atoms with Gasteiger partial charge in [-0.1, -0.05) is 6.07 Å². The first kappa shape index (κ1) is 16.1. The molecule has 0 unspecified atom stereocenters. The van der Waals surface area contributed by atoms with Crippen LogP contribution < -0.4 is 0 Å². The molecule has 27 heavy (non-hydrogen) atoms. The Morgan fingerprint density at radius 1 is 1.30 bits per heavy atom. The Kier molecular flexibility index (Phi) is 3.74. The van der Waals surface area contributed by atoms with Crippen molar-refractivity contribution in [2.45, 2.75) is 39.2 Å². The van der Waals surface area contributed by atoms with E-state index < -0.39 is 0 Å². The van der Waals surface area contributed by atoms with E-state index in [2.05, 4.69) is 17.1 Å². The summed E-state index contributed by atoms with van der Waals surface area (Å²) in [5.74, 6) is -0.271. The third kappa shape index (κ3) is 2.89. The lowest BCUT2D eigenvalue weighted by atomic mass is 10.0. The molecule has 0 bridgehead atoms. The maximum Gasteiger partial charge on any atom is 0.310 e. The summed E-state index contributed by atoms with van der Waals surface area (Å²) >= 11 is 0. The van der Waals surface area contributed by atoms with Crippen molar-refractivity contribution in [1.82, 2.24) is 9.38 Å². The number of nitrogens with zero attached hydrogens (tertiary/aromatic N) is 2. The van der Waals surface area contributed by atoms with Gasteiger partial charge >= 0.3 is 5.97 Å². The topological polar surface area (TPSA) is 56.7 Å². The molecule has 0 saturated carbocycles. The van der Waals surface area contributed by atoms with Crippen molar-refractivity contribution in [2.24, 2.45) is 0 Å². The molecule has 0 aliphatic heterocycles. The number of carbonyl (C=O) groups excluding carboxylic acids is 1. The van der Waals surface area contributed by atoms with Gasteiger partial charge in [-0.3, -0.25) is 4.79 Å². The minimum absolute atomic E-state index is 0.172. The Labute approximate surface area is 156 Å². The Morgan fingerprint density at radius 2 is 2.15 bits per heavy atom. The number of aromatic nitrogens is 2. The minimum atomic E-state index is -0.271. The molecule has 0 radical (unpaired) electrons. The molecule has 136 valence electrons. The maximum atomic E-state index is 12.3. The normalized spacial score (nSPS) is 13.4. The van der Waals surface area contributed by atoms with Crippen molar-refractivity contribution in [3.63, 3.8) is 0 Å². The molecule has 3 aromatic heterocycles. The zero-order valence-electron chi connectivity index (χ0n) is 15.2. The maximum absolute atomic E-state index is 12.3. The van der Waals surface area contributed by atoms with Gasteiger partial charge in [0.2, 0.25) is 0 Å². The van der Waals surface area contributed by atoms with Gasteiger partial charge in [0, 0.05) is 23.3 Å². The highest BCUT2D eigenvalue weighted by Gasteiger charge is 2.17. The molecule has 1 aromatic carbocycles. The third-order valence-corrected chi connectivity index (χ3v) is 5.31. The van der Waals surface area contributed by atoms with Gasteiger partial charge in [0.25, 0.3) is 0 Å². The fraction of sp³-hybridized carbons (Fsp3) is 0.273. The number of esters is 1. The van der Waals surface area contributed by atoms with Crippen molar-refractivity contribution >= 4 is 22.6 Å². The zero-order chi connectivity index (χ0) is 18.4. The lowest BCUT2D eigenvalue weighted by Crippen LogP contribution is -2.08. The highest BCUT2D eigenvalue weighted by atomic mass is 16.5. The standard InChI is InChI=1S/C22H20N2O3/c1-14-4-3-7-24-11-18(23-22(14)24)13-27-21(25)10-17-12-26-20-9-16-6-2-5-15(16)8-19(17)20/h3-4,7-9,11-12H,2,5-6,10,13H2,1H3. The summed E-state index contributed by atoms with van der Waals surface area (Å²) in [4.78, 5) is 16.9. The number of rotatable bonds is 4. The number of imidazole rings is 1. The van der Waals surface area contributed by atoms with Crippen LogP contribution in [0.4, 0.5) is 0 Å². The number of benzene rings is 1. The number of pyridine rings is 1. The highest BCUT2D eigenvalue weighted by Crippen LogP contribution is 2.30. The molecule has 0 atom stereocenters. The molecule has 0 amide bonds. The average molecular weight is 360 g/mol. The Morgan fingerprint density at radius 3 is 3.00 bits per heavy atom. The summed E-state index contributed by atoms with van der Waals surface area (Å²) in [5.41, 5.74) is 7.20. The second-order valence-corrected chi connectivity index (χ2v) is 7.22. The van der Waals surface area contributed by atoms with E-state index in [0.717, 1.165) is 46.3 Å². The number of hydrogen-bond donors (Lipinski definition) is 0. The zero-order valence-corrected chi connectivity index (χ0v) is 15.2. The molecule has 1 aliphatic rings. The van der Waals surface area contributed by atoms with Crippen molar-refractivity contribution in [2.75, 3.05) is 0 Å². The first-order chi connectivity index (χ1) is 13.2. The fourth-order valence-electron chi connectivity index (χ4n) is 3.92. The van der Waals surface area contributed by atoms with Crippen LogP contribution in [0.15, 0.2) is 47.3 Å². The molecule has 1 aliphatic carbocycles. The van der Waals surface area contributed by atoms with Crippen molar-refractivity contribution in [1.29, 1.82) is 0 Å². The van der Waals surface area contributed by atoms with E-state index in [4.69, 9.17) is 9.15 Å². The van der Waals surface area contributed by atoms with Crippen LogP contribution in [0.25, 0.3) is 16.6 Å². The van der Waals surface area contributed by atoms with E-state index in [-0.39, 0.29) is 19.0 Å². The summed E-state index contributed by atoms with van der Waals surface area (Å²) in [6, 6.07) is 8.28. The van der Waals surface area contributed by atoms with Gasteiger partial charge in [-0.05, 0) is 61.1 Å².